The quantitative estimate of drug-likeness (QED) is 0.0420. The molecule has 0 rings (SSSR count). The smallest absolute Gasteiger partial charge is 0.220 e. The van der Waals surface area contributed by atoms with Crippen molar-refractivity contribution in [2.45, 2.75) is 341 Å². The topological polar surface area (TPSA) is 69.6 Å². The van der Waals surface area contributed by atoms with Crippen LogP contribution in [0.4, 0.5) is 0 Å². The van der Waals surface area contributed by atoms with E-state index in [1.807, 2.05) is 0 Å². The van der Waals surface area contributed by atoms with Crippen LogP contribution in [-0.2, 0) is 4.79 Å². The molecule has 0 aromatic rings. The lowest BCUT2D eigenvalue weighted by Gasteiger charge is -2.22. The summed E-state index contributed by atoms with van der Waals surface area (Å²) in [6.45, 7) is 4.26. The molecule has 0 radical (unpaired) electrons. The Morgan fingerprint density at radius 2 is 0.557 bits per heavy atom. The van der Waals surface area contributed by atoms with Crippen molar-refractivity contribution in [3.8, 4) is 0 Å². The van der Waals surface area contributed by atoms with Crippen molar-refractivity contribution in [2.75, 3.05) is 6.61 Å². The predicted molar refractivity (Wildman–Crippen MR) is 354 cm³/mol. The van der Waals surface area contributed by atoms with Crippen LogP contribution in [0.1, 0.15) is 328 Å². The molecule has 0 saturated carbocycles. The van der Waals surface area contributed by atoms with Crippen LogP contribution in [-0.4, -0.2) is 34.9 Å². The second kappa shape index (κ2) is 69.1. The summed E-state index contributed by atoms with van der Waals surface area (Å²) in [7, 11) is 0. The first-order valence-corrected chi connectivity index (χ1v) is 34.2. The van der Waals surface area contributed by atoms with Crippen LogP contribution < -0.4 is 5.32 Å². The van der Waals surface area contributed by atoms with Gasteiger partial charge in [-0.2, -0.15) is 0 Å². The number of carbonyl (C=O) groups excluding carboxylic acids is 1. The van der Waals surface area contributed by atoms with Crippen molar-refractivity contribution in [2.24, 2.45) is 0 Å². The average molecular weight is 1090 g/mol. The van der Waals surface area contributed by atoms with E-state index in [0.29, 0.717) is 12.8 Å². The normalized spacial score (nSPS) is 13.5. The summed E-state index contributed by atoms with van der Waals surface area (Å²) in [5.41, 5.74) is 0. The van der Waals surface area contributed by atoms with Gasteiger partial charge in [0.25, 0.3) is 0 Å². The molecule has 0 fully saturated rings. The second-order valence-corrected chi connectivity index (χ2v) is 22.9. The summed E-state index contributed by atoms with van der Waals surface area (Å²) >= 11 is 0. The van der Waals surface area contributed by atoms with Gasteiger partial charge in [-0.25, -0.2) is 0 Å². The molecular formula is C75H131NO3. The summed E-state index contributed by atoms with van der Waals surface area (Å²) in [5.74, 6) is -0.0467. The highest BCUT2D eigenvalue weighted by atomic mass is 16.3. The highest BCUT2D eigenvalue weighted by Crippen LogP contribution is 2.18. The van der Waals surface area contributed by atoms with Gasteiger partial charge in [0.1, 0.15) is 0 Å². The van der Waals surface area contributed by atoms with Crippen molar-refractivity contribution in [1.29, 1.82) is 0 Å². The number of allylic oxidation sites excluding steroid dienone is 20. The van der Waals surface area contributed by atoms with Gasteiger partial charge in [0.15, 0.2) is 0 Å². The Morgan fingerprint density at radius 3 is 0.835 bits per heavy atom. The van der Waals surface area contributed by atoms with Gasteiger partial charge in [0.2, 0.25) is 5.91 Å². The summed E-state index contributed by atoms with van der Waals surface area (Å²) in [6.07, 6.45) is 105. The van der Waals surface area contributed by atoms with Crippen LogP contribution in [0, 0.1) is 0 Å². The van der Waals surface area contributed by atoms with Crippen molar-refractivity contribution in [3.05, 3.63) is 122 Å². The standard InChI is InChI=1S/C75H131NO3/c1-3-5-7-9-11-13-15-17-19-21-23-25-27-29-31-33-35-36-37-38-39-40-41-43-45-47-49-51-53-55-57-59-61-63-65-67-69-71-75(79)76-73(72-77)74(78)70-68-66-64-62-60-58-56-54-52-50-48-46-44-42-34-32-30-28-26-24-22-20-18-16-14-12-10-8-6-4-2/h5,7,11,13,17,19,23,25,29,31,35-36,38-39,41,43,47,49,53,55,73-74,77-78H,3-4,6,8-10,12,14-16,18,20-22,24,26-28,30,32-34,37,40,42,44-46,48,50-52,54,56-72H2,1-2H3,(H,76,79)/b7-5-,13-11-,19-17-,25-23-,31-29-,36-35-,39-38-,43-41-,49-47-,55-53-. The van der Waals surface area contributed by atoms with E-state index in [9.17, 15) is 15.0 Å². The van der Waals surface area contributed by atoms with Crippen LogP contribution in [0.5, 0.6) is 0 Å². The number of nitrogens with one attached hydrogen (secondary N) is 1. The maximum absolute atomic E-state index is 12.6. The minimum atomic E-state index is -0.677. The third-order valence-electron chi connectivity index (χ3n) is 15.2. The lowest BCUT2D eigenvalue weighted by atomic mass is 10.0. The Kier molecular flexibility index (Phi) is 66.3. The zero-order valence-electron chi connectivity index (χ0n) is 52.4. The van der Waals surface area contributed by atoms with Crippen molar-refractivity contribution >= 4 is 5.91 Å². The number of rotatable bonds is 62. The largest absolute Gasteiger partial charge is 0.394 e. The fourth-order valence-electron chi connectivity index (χ4n) is 10.1. The molecular weight excluding hydrogens is 963 g/mol. The van der Waals surface area contributed by atoms with Crippen molar-refractivity contribution in [3.63, 3.8) is 0 Å². The van der Waals surface area contributed by atoms with E-state index < -0.39 is 12.1 Å². The van der Waals surface area contributed by atoms with E-state index in [0.717, 1.165) is 103 Å². The lowest BCUT2D eigenvalue weighted by molar-refractivity contribution is -0.123. The minimum absolute atomic E-state index is 0.0467. The molecule has 2 atom stereocenters. The van der Waals surface area contributed by atoms with Gasteiger partial charge in [-0.1, -0.05) is 354 Å². The van der Waals surface area contributed by atoms with E-state index in [4.69, 9.17) is 0 Å². The molecule has 0 aliphatic heterocycles. The Labute approximate surface area is 492 Å². The fraction of sp³-hybridized carbons (Fsp3) is 0.720. The summed E-state index contributed by atoms with van der Waals surface area (Å²) in [6, 6.07) is -0.555. The molecule has 4 heteroatoms. The zero-order valence-corrected chi connectivity index (χ0v) is 52.4. The Hall–Kier alpha value is -3.21. The molecule has 1 amide bonds. The monoisotopic (exact) mass is 1090 g/mol. The number of aliphatic hydroxyl groups excluding tert-OH is 2. The molecule has 0 aromatic heterocycles. The molecule has 0 bridgehead atoms. The van der Waals surface area contributed by atoms with E-state index in [1.54, 1.807) is 0 Å². The molecule has 0 aromatic carbocycles. The number of hydrogen-bond acceptors (Lipinski definition) is 3. The lowest BCUT2D eigenvalue weighted by Crippen LogP contribution is -2.45. The molecule has 0 aliphatic carbocycles. The molecule has 2 unspecified atom stereocenters. The van der Waals surface area contributed by atoms with Gasteiger partial charge in [-0.3, -0.25) is 4.79 Å². The van der Waals surface area contributed by atoms with Crippen molar-refractivity contribution < 1.29 is 15.0 Å². The van der Waals surface area contributed by atoms with Crippen LogP contribution in [0.2, 0.25) is 0 Å². The summed E-state index contributed by atoms with van der Waals surface area (Å²) in [5, 5.41) is 23.4. The van der Waals surface area contributed by atoms with Crippen molar-refractivity contribution in [1.82, 2.24) is 5.32 Å². The third kappa shape index (κ3) is 65.5. The van der Waals surface area contributed by atoms with Gasteiger partial charge in [0.05, 0.1) is 18.8 Å². The molecule has 3 N–H and O–H groups in total. The summed E-state index contributed by atoms with van der Waals surface area (Å²) in [4.78, 5) is 12.6. The van der Waals surface area contributed by atoms with Gasteiger partial charge in [-0.05, 0) is 89.9 Å². The highest BCUT2D eigenvalue weighted by molar-refractivity contribution is 5.76. The molecule has 79 heavy (non-hydrogen) atoms. The fourth-order valence-corrected chi connectivity index (χ4v) is 10.1. The van der Waals surface area contributed by atoms with Crippen LogP contribution in [0.25, 0.3) is 0 Å². The number of aliphatic hydroxyl groups is 2. The molecule has 0 heterocycles. The second-order valence-electron chi connectivity index (χ2n) is 22.9. The van der Waals surface area contributed by atoms with Crippen LogP contribution in [0.15, 0.2) is 122 Å². The molecule has 0 spiro atoms. The first kappa shape index (κ1) is 75.8. The van der Waals surface area contributed by atoms with E-state index >= 15 is 0 Å². The van der Waals surface area contributed by atoms with Gasteiger partial charge >= 0.3 is 0 Å². The van der Waals surface area contributed by atoms with E-state index in [1.165, 1.54) is 199 Å². The third-order valence-corrected chi connectivity index (χ3v) is 15.2. The Bertz CT molecular complexity index is 1520. The minimum Gasteiger partial charge on any atom is -0.394 e. The van der Waals surface area contributed by atoms with E-state index in [-0.39, 0.29) is 12.5 Å². The van der Waals surface area contributed by atoms with E-state index in [2.05, 4.69) is 141 Å². The first-order valence-electron chi connectivity index (χ1n) is 34.2. The predicted octanol–water partition coefficient (Wildman–Crippen LogP) is 23.5. The SMILES string of the molecule is CC/C=C\C/C=C\C/C=C\C/C=C\C/C=C\C/C=C\C/C=C\C/C=C\C/C=C\C/C=C\CCCCCCCCC(=O)NC(CO)C(O)CCCCCCCCCCCCCCCCCCCCCCCCCCCCCCCC. The number of unbranched alkanes of at least 4 members (excludes halogenated alkanes) is 35. The number of hydrogen-bond donors (Lipinski definition) is 3. The first-order chi connectivity index (χ1) is 39.2. The summed E-state index contributed by atoms with van der Waals surface area (Å²) < 4.78 is 0. The average Bonchev–Trinajstić information content (AvgIpc) is 3.45. The maximum atomic E-state index is 12.6. The van der Waals surface area contributed by atoms with Gasteiger partial charge in [0, 0.05) is 6.42 Å². The number of amides is 1. The Balaban J connectivity index is 3.55. The molecule has 454 valence electrons. The van der Waals surface area contributed by atoms with Gasteiger partial charge < -0.3 is 15.5 Å². The van der Waals surface area contributed by atoms with Gasteiger partial charge in [-0.15, -0.1) is 0 Å². The maximum Gasteiger partial charge on any atom is 0.220 e. The molecule has 4 nitrogen and oxygen atoms in total. The van der Waals surface area contributed by atoms with Crippen LogP contribution >= 0.6 is 0 Å². The molecule has 0 aliphatic rings. The number of carbonyl (C=O) groups is 1. The Morgan fingerprint density at radius 1 is 0.316 bits per heavy atom. The molecule has 0 saturated heterocycles. The highest BCUT2D eigenvalue weighted by Gasteiger charge is 2.20. The van der Waals surface area contributed by atoms with Crippen LogP contribution in [0.3, 0.4) is 0 Å². The zero-order chi connectivity index (χ0) is 56.9.